The average Bonchev–Trinajstić information content (AvgIpc) is 3.20. The first-order chi connectivity index (χ1) is 9.83. The molecular formula is C15H18N4O. The van der Waals surface area contributed by atoms with Gasteiger partial charge in [0.1, 0.15) is 5.56 Å². The van der Waals surface area contributed by atoms with Gasteiger partial charge >= 0.3 is 0 Å². The summed E-state index contributed by atoms with van der Waals surface area (Å²) >= 11 is 0. The number of hydrogen-bond donors (Lipinski definition) is 1. The van der Waals surface area contributed by atoms with E-state index in [1.165, 1.54) is 30.5 Å². The highest BCUT2D eigenvalue weighted by molar-refractivity contribution is 5.99. The van der Waals surface area contributed by atoms with Gasteiger partial charge in [-0.3, -0.25) is 4.79 Å². The lowest BCUT2D eigenvalue weighted by molar-refractivity contribution is 0.0952. The molecule has 0 unspecified atom stereocenters. The summed E-state index contributed by atoms with van der Waals surface area (Å²) in [4.78, 5) is 16.7. The van der Waals surface area contributed by atoms with E-state index in [1.807, 2.05) is 10.7 Å². The van der Waals surface area contributed by atoms with Gasteiger partial charge in [-0.25, -0.2) is 9.50 Å². The summed E-state index contributed by atoms with van der Waals surface area (Å²) < 4.78 is 1.88. The number of nitrogens with zero attached hydrogens (tertiary/aromatic N) is 3. The quantitative estimate of drug-likeness (QED) is 0.848. The van der Waals surface area contributed by atoms with Crippen molar-refractivity contribution in [1.29, 1.82) is 0 Å². The molecule has 4 rings (SSSR count). The summed E-state index contributed by atoms with van der Waals surface area (Å²) in [5.41, 5.74) is 3.82. The van der Waals surface area contributed by atoms with Gasteiger partial charge in [0.15, 0.2) is 5.65 Å². The second-order valence-corrected chi connectivity index (χ2v) is 5.83. The Labute approximate surface area is 117 Å². The highest BCUT2D eigenvalue weighted by atomic mass is 16.1. The lowest BCUT2D eigenvalue weighted by atomic mass is 10.1. The minimum absolute atomic E-state index is 0.0384. The first-order valence-corrected chi connectivity index (χ1v) is 7.48. The van der Waals surface area contributed by atoms with Crippen molar-refractivity contribution in [2.24, 2.45) is 0 Å². The predicted molar refractivity (Wildman–Crippen MR) is 74.7 cm³/mol. The number of aryl methyl sites for hydroxylation is 2. The van der Waals surface area contributed by atoms with Gasteiger partial charge in [-0.15, -0.1) is 0 Å². The Kier molecular flexibility index (Phi) is 2.72. The predicted octanol–water partition coefficient (Wildman–Crippen LogP) is 1.89. The maximum absolute atomic E-state index is 12.2. The summed E-state index contributed by atoms with van der Waals surface area (Å²) in [6.07, 6.45) is 11.5. The lowest BCUT2D eigenvalue weighted by Gasteiger charge is -2.08. The molecule has 2 aromatic rings. The topological polar surface area (TPSA) is 59.3 Å². The zero-order valence-electron chi connectivity index (χ0n) is 11.4. The summed E-state index contributed by atoms with van der Waals surface area (Å²) in [7, 11) is 0. The Balaban J connectivity index is 1.77. The molecule has 0 saturated heterocycles. The van der Waals surface area contributed by atoms with Crippen molar-refractivity contribution in [1.82, 2.24) is 19.9 Å². The highest BCUT2D eigenvalue weighted by Gasteiger charge is 2.26. The molecule has 2 heterocycles. The van der Waals surface area contributed by atoms with Crippen molar-refractivity contribution in [2.45, 2.75) is 51.0 Å². The molecule has 0 bridgehead atoms. The molecule has 0 spiro atoms. The molecule has 1 amide bonds. The van der Waals surface area contributed by atoms with E-state index < -0.39 is 0 Å². The van der Waals surface area contributed by atoms with Crippen LogP contribution in [0.4, 0.5) is 0 Å². The third-order valence-electron chi connectivity index (χ3n) is 4.23. The number of carbonyl (C=O) groups excluding carboxylic acids is 1. The molecule has 2 aliphatic carbocycles. The van der Waals surface area contributed by atoms with Crippen LogP contribution >= 0.6 is 0 Å². The normalized spacial score (nSPS) is 18.6. The van der Waals surface area contributed by atoms with Crippen molar-refractivity contribution in [3.8, 4) is 0 Å². The van der Waals surface area contributed by atoms with Crippen LogP contribution in [0.25, 0.3) is 5.65 Å². The van der Waals surface area contributed by atoms with Gasteiger partial charge in [-0.2, -0.15) is 5.10 Å². The second kappa shape index (κ2) is 4.58. The van der Waals surface area contributed by atoms with Crippen molar-refractivity contribution < 1.29 is 4.79 Å². The third kappa shape index (κ3) is 1.97. The van der Waals surface area contributed by atoms with Crippen LogP contribution in [0.15, 0.2) is 12.4 Å². The van der Waals surface area contributed by atoms with Crippen molar-refractivity contribution in [3.05, 3.63) is 29.2 Å². The van der Waals surface area contributed by atoms with E-state index in [9.17, 15) is 4.79 Å². The van der Waals surface area contributed by atoms with E-state index in [0.29, 0.717) is 17.3 Å². The van der Waals surface area contributed by atoms with Crippen LogP contribution in [0.2, 0.25) is 0 Å². The van der Waals surface area contributed by atoms with Gasteiger partial charge in [0, 0.05) is 17.9 Å². The van der Waals surface area contributed by atoms with E-state index in [-0.39, 0.29) is 5.91 Å². The summed E-state index contributed by atoms with van der Waals surface area (Å²) in [6, 6.07) is 0.360. The summed E-state index contributed by atoms with van der Waals surface area (Å²) in [5.74, 6) is -0.0384. The zero-order valence-corrected chi connectivity index (χ0v) is 11.4. The fourth-order valence-corrected chi connectivity index (χ4v) is 2.92. The largest absolute Gasteiger partial charge is 0.349 e. The zero-order chi connectivity index (χ0) is 13.5. The van der Waals surface area contributed by atoms with Gasteiger partial charge in [-0.1, -0.05) is 6.42 Å². The van der Waals surface area contributed by atoms with Crippen LogP contribution in [-0.4, -0.2) is 26.5 Å². The molecule has 0 aliphatic heterocycles. The molecule has 0 radical (unpaired) electrons. The van der Waals surface area contributed by atoms with Crippen LogP contribution < -0.4 is 5.32 Å². The SMILES string of the molecule is O=C(NC1CC1)c1cnn2c3c(cnc12)CCCCC3. The van der Waals surface area contributed by atoms with Gasteiger partial charge < -0.3 is 5.32 Å². The van der Waals surface area contributed by atoms with E-state index >= 15 is 0 Å². The second-order valence-electron chi connectivity index (χ2n) is 5.83. The Hall–Kier alpha value is -1.91. The van der Waals surface area contributed by atoms with E-state index in [4.69, 9.17) is 0 Å². The van der Waals surface area contributed by atoms with Gasteiger partial charge in [0.25, 0.3) is 5.91 Å². The standard InChI is InChI=1S/C15H18N4O/c20-15(18-11-6-7-11)12-9-17-19-13-5-3-1-2-4-10(13)8-16-14(12)19/h8-9,11H,1-7H2,(H,18,20). The monoisotopic (exact) mass is 270 g/mol. The Bertz CT molecular complexity index is 672. The molecule has 1 fully saturated rings. The van der Waals surface area contributed by atoms with E-state index in [1.54, 1.807) is 6.20 Å². The number of nitrogens with one attached hydrogen (secondary N) is 1. The maximum atomic E-state index is 12.2. The lowest BCUT2D eigenvalue weighted by Crippen LogP contribution is -2.25. The van der Waals surface area contributed by atoms with E-state index in [0.717, 1.165) is 25.7 Å². The minimum atomic E-state index is -0.0384. The number of carbonyl (C=O) groups is 1. The fraction of sp³-hybridized carbons (Fsp3) is 0.533. The molecular weight excluding hydrogens is 252 g/mol. The van der Waals surface area contributed by atoms with E-state index in [2.05, 4.69) is 15.4 Å². The molecule has 1 saturated carbocycles. The maximum Gasteiger partial charge on any atom is 0.256 e. The van der Waals surface area contributed by atoms with Crippen LogP contribution in [0, 0.1) is 0 Å². The van der Waals surface area contributed by atoms with Crippen LogP contribution in [0.3, 0.4) is 0 Å². The number of fused-ring (bicyclic) bond motifs is 3. The Morgan fingerprint density at radius 3 is 2.90 bits per heavy atom. The summed E-state index contributed by atoms with van der Waals surface area (Å²) in [5, 5.41) is 7.42. The number of rotatable bonds is 2. The molecule has 0 aromatic carbocycles. The Morgan fingerprint density at radius 1 is 1.20 bits per heavy atom. The molecule has 1 N–H and O–H groups in total. The molecule has 0 atom stereocenters. The van der Waals surface area contributed by atoms with Crippen molar-refractivity contribution >= 4 is 11.6 Å². The number of hydrogen-bond acceptors (Lipinski definition) is 3. The molecule has 2 aliphatic rings. The Morgan fingerprint density at radius 2 is 2.05 bits per heavy atom. The molecule has 5 nitrogen and oxygen atoms in total. The first kappa shape index (κ1) is 11.9. The first-order valence-electron chi connectivity index (χ1n) is 7.48. The van der Waals surface area contributed by atoms with Crippen LogP contribution in [0.5, 0.6) is 0 Å². The fourth-order valence-electron chi connectivity index (χ4n) is 2.92. The molecule has 5 heteroatoms. The molecule has 20 heavy (non-hydrogen) atoms. The van der Waals surface area contributed by atoms with Gasteiger partial charge in [-0.05, 0) is 44.1 Å². The average molecular weight is 270 g/mol. The van der Waals surface area contributed by atoms with Crippen molar-refractivity contribution in [3.63, 3.8) is 0 Å². The van der Waals surface area contributed by atoms with Crippen LogP contribution in [-0.2, 0) is 12.8 Å². The van der Waals surface area contributed by atoms with Crippen molar-refractivity contribution in [2.75, 3.05) is 0 Å². The third-order valence-corrected chi connectivity index (χ3v) is 4.23. The number of amides is 1. The molecule has 104 valence electrons. The number of aromatic nitrogens is 3. The summed E-state index contributed by atoms with van der Waals surface area (Å²) in [6.45, 7) is 0. The van der Waals surface area contributed by atoms with Crippen LogP contribution in [0.1, 0.15) is 53.7 Å². The smallest absolute Gasteiger partial charge is 0.256 e. The van der Waals surface area contributed by atoms with Gasteiger partial charge in [0.05, 0.1) is 6.20 Å². The molecule has 2 aromatic heterocycles. The highest BCUT2D eigenvalue weighted by Crippen LogP contribution is 2.23. The van der Waals surface area contributed by atoms with Gasteiger partial charge in [0.2, 0.25) is 0 Å². The minimum Gasteiger partial charge on any atom is -0.349 e.